The Kier molecular flexibility index (Phi) is 4.24. The molecule has 0 saturated carbocycles. The van der Waals surface area contributed by atoms with Crippen molar-refractivity contribution in [3.63, 3.8) is 0 Å². The molecule has 72 valence electrons. The maximum absolute atomic E-state index is 2.74. The summed E-state index contributed by atoms with van der Waals surface area (Å²) in [7, 11) is 2.74. The van der Waals surface area contributed by atoms with E-state index < -0.39 is 0 Å². The van der Waals surface area contributed by atoms with E-state index in [4.69, 9.17) is 0 Å². The van der Waals surface area contributed by atoms with Crippen LogP contribution in [-0.4, -0.2) is 13.1 Å². The Labute approximate surface area is 83.3 Å². The summed E-state index contributed by atoms with van der Waals surface area (Å²) in [5.74, 6) is 0. The molecule has 0 spiro atoms. The molecule has 2 heteroatoms. The van der Waals surface area contributed by atoms with Crippen molar-refractivity contribution in [3.05, 3.63) is 29.8 Å². The van der Waals surface area contributed by atoms with Gasteiger partial charge in [-0.2, -0.15) is 0 Å². The summed E-state index contributed by atoms with van der Waals surface area (Å²) in [5.41, 5.74) is 2.70. The highest BCUT2D eigenvalue weighted by molar-refractivity contribution is 7.15. The average molecular weight is 195 g/mol. The lowest BCUT2D eigenvalue weighted by Crippen LogP contribution is -2.21. The van der Waals surface area contributed by atoms with Crippen LogP contribution in [0.1, 0.15) is 19.4 Å². The number of hydrogen-bond donors (Lipinski definition) is 0. The molecule has 13 heavy (non-hydrogen) atoms. The Morgan fingerprint density at radius 1 is 1.08 bits per heavy atom. The molecule has 0 aliphatic heterocycles. The van der Waals surface area contributed by atoms with E-state index in [1.54, 1.807) is 0 Å². The first-order chi connectivity index (χ1) is 6.31. The molecule has 1 atom stereocenters. The van der Waals surface area contributed by atoms with Crippen LogP contribution in [-0.2, 0) is 6.16 Å². The van der Waals surface area contributed by atoms with E-state index in [1.165, 1.54) is 11.3 Å². The first kappa shape index (κ1) is 10.5. The third kappa shape index (κ3) is 2.70. The third-order valence-electron chi connectivity index (χ3n) is 2.30. The molecule has 0 fully saturated rings. The highest BCUT2D eigenvalue weighted by Crippen LogP contribution is 2.16. The Bertz CT molecular complexity index is 239. The Morgan fingerprint density at radius 3 is 2.00 bits per heavy atom. The molecule has 1 nitrogen and oxygen atoms in total. The molecule has 0 saturated heterocycles. The summed E-state index contributed by atoms with van der Waals surface area (Å²) in [5, 5.41) is 0. The molecule has 0 radical (unpaired) electrons. The number of nitrogens with zero attached hydrogens (tertiary/aromatic N) is 1. The molecule has 0 aliphatic rings. The van der Waals surface area contributed by atoms with Gasteiger partial charge in [-0.15, -0.1) is 9.24 Å². The van der Waals surface area contributed by atoms with E-state index in [0.29, 0.717) is 0 Å². The van der Waals surface area contributed by atoms with Crippen LogP contribution < -0.4 is 4.90 Å². The van der Waals surface area contributed by atoms with Gasteiger partial charge in [0.05, 0.1) is 0 Å². The summed E-state index contributed by atoms with van der Waals surface area (Å²) in [6.07, 6.45) is 1.04. The van der Waals surface area contributed by atoms with Crippen LogP contribution in [0.25, 0.3) is 0 Å². The Hall–Kier alpha value is -0.550. The Balaban J connectivity index is 2.78. The van der Waals surface area contributed by atoms with Crippen molar-refractivity contribution < 1.29 is 0 Å². The van der Waals surface area contributed by atoms with Crippen molar-refractivity contribution >= 4 is 14.9 Å². The van der Waals surface area contributed by atoms with E-state index in [-0.39, 0.29) is 0 Å². The normalized spacial score (nSPS) is 10.1. The monoisotopic (exact) mass is 195 g/mol. The van der Waals surface area contributed by atoms with Gasteiger partial charge in [-0.3, -0.25) is 0 Å². The molecule has 1 aromatic rings. The van der Waals surface area contributed by atoms with E-state index >= 15 is 0 Å². The van der Waals surface area contributed by atoms with Gasteiger partial charge in [0.2, 0.25) is 0 Å². The van der Waals surface area contributed by atoms with Gasteiger partial charge in [0.15, 0.2) is 0 Å². The molecule has 0 bridgehead atoms. The van der Waals surface area contributed by atoms with Crippen LogP contribution in [0.5, 0.6) is 0 Å². The predicted molar refractivity (Wildman–Crippen MR) is 63.4 cm³/mol. The maximum Gasteiger partial charge on any atom is 0.0366 e. The van der Waals surface area contributed by atoms with Crippen molar-refractivity contribution in [3.8, 4) is 0 Å². The average Bonchev–Trinajstić information content (AvgIpc) is 2.21. The second-order valence-corrected chi connectivity index (χ2v) is 3.45. The highest BCUT2D eigenvalue weighted by atomic mass is 31.0. The number of benzene rings is 1. The van der Waals surface area contributed by atoms with Crippen molar-refractivity contribution in [1.29, 1.82) is 0 Å². The first-order valence-corrected chi connectivity index (χ1v) is 5.67. The van der Waals surface area contributed by atoms with Crippen molar-refractivity contribution in [2.45, 2.75) is 20.0 Å². The van der Waals surface area contributed by atoms with Crippen molar-refractivity contribution in [2.75, 3.05) is 18.0 Å². The van der Waals surface area contributed by atoms with Gasteiger partial charge in [0, 0.05) is 18.8 Å². The fourth-order valence-corrected chi connectivity index (χ4v) is 1.70. The molecular weight excluding hydrogens is 177 g/mol. The fourth-order valence-electron chi connectivity index (χ4n) is 1.43. The lowest BCUT2D eigenvalue weighted by Gasteiger charge is -2.20. The molecule has 0 aromatic heterocycles. The molecule has 0 aliphatic carbocycles. The molecule has 1 rings (SSSR count). The van der Waals surface area contributed by atoms with Crippen molar-refractivity contribution in [1.82, 2.24) is 0 Å². The summed E-state index contributed by atoms with van der Waals surface area (Å²) < 4.78 is 0. The highest BCUT2D eigenvalue weighted by Gasteiger charge is 1.99. The second-order valence-electron chi connectivity index (χ2n) is 3.04. The minimum atomic E-state index is 1.04. The molecule has 0 heterocycles. The molecular formula is C11H18NP. The fraction of sp³-hybridized carbons (Fsp3) is 0.455. The van der Waals surface area contributed by atoms with Gasteiger partial charge < -0.3 is 4.90 Å². The van der Waals surface area contributed by atoms with Crippen molar-refractivity contribution in [2.24, 2.45) is 0 Å². The van der Waals surface area contributed by atoms with Gasteiger partial charge in [0.25, 0.3) is 0 Å². The first-order valence-electron chi connectivity index (χ1n) is 4.85. The topological polar surface area (TPSA) is 3.24 Å². The second kappa shape index (κ2) is 5.24. The van der Waals surface area contributed by atoms with Gasteiger partial charge >= 0.3 is 0 Å². The molecule has 1 aromatic carbocycles. The maximum atomic E-state index is 2.74. The summed E-state index contributed by atoms with van der Waals surface area (Å²) in [6, 6.07) is 8.79. The SMILES string of the molecule is CCN(CC)c1ccc(CP)cc1. The third-order valence-corrected chi connectivity index (χ3v) is 2.77. The van der Waals surface area contributed by atoms with Gasteiger partial charge in [-0.1, -0.05) is 12.1 Å². The minimum Gasteiger partial charge on any atom is -0.372 e. The standard InChI is InChI=1S/C11H18NP/c1-3-12(4-2)11-7-5-10(9-13)6-8-11/h5-8H,3-4,9,13H2,1-2H3. The van der Waals surface area contributed by atoms with Crippen LogP contribution in [0.3, 0.4) is 0 Å². The van der Waals surface area contributed by atoms with E-state index in [1.807, 2.05) is 0 Å². The molecule has 1 unspecified atom stereocenters. The molecule has 0 N–H and O–H groups in total. The van der Waals surface area contributed by atoms with Crippen LogP contribution in [0, 0.1) is 0 Å². The summed E-state index contributed by atoms with van der Waals surface area (Å²) in [4.78, 5) is 2.35. The smallest absolute Gasteiger partial charge is 0.0366 e. The van der Waals surface area contributed by atoms with E-state index in [0.717, 1.165) is 19.3 Å². The Morgan fingerprint density at radius 2 is 1.62 bits per heavy atom. The minimum absolute atomic E-state index is 1.04. The zero-order valence-electron chi connectivity index (χ0n) is 8.46. The molecule has 0 amide bonds. The lowest BCUT2D eigenvalue weighted by molar-refractivity contribution is 0.866. The lowest BCUT2D eigenvalue weighted by atomic mass is 10.2. The summed E-state index contributed by atoms with van der Waals surface area (Å²) >= 11 is 0. The van der Waals surface area contributed by atoms with E-state index in [2.05, 4.69) is 52.3 Å². The zero-order valence-corrected chi connectivity index (χ0v) is 9.61. The van der Waals surface area contributed by atoms with Crippen LogP contribution in [0.4, 0.5) is 5.69 Å². The van der Waals surface area contributed by atoms with Gasteiger partial charge in [-0.05, 0) is 37.7 Å². The zero-order chi connectivity index (χ0) is 9.68. The van der Waals surface area contributed by atoms with Crippen LogP contribution >= 0.6 is 9.24 Å². The number of rotatable bonds is 4. The quantitative estimate of drug-likeness (QED) is 0.668. The van der Waals surface area contributed by atoms with Gasteiger partial charge in [-0.25, -0.2) is 0 Å². The largest absolute Gasteiger partial charge is 0.372 e. The van der Waals surface area contributed by atoms with E-state index in [9.17, 15) is 0 Å². The van der Waals surface area contributed by atoms with Crippen LogP contribution in [0.2, 0.25) is 0 Å². The van der Waals surface area contributed by atoms with Gasteiger partial charge in [0.1, 0.15) is 0 Å². The number of hydrogen-bond acceptors (Lipinski definition) is 1. The summed E-state index contributed by atoms with van der Waals surface area (Å²) in [6.45, 7) is 6.54. The number of anilines is 1. The predicted octanol–water partition coefficient (Wildman–Crippen LogP) is 2.91. The van der Waals surface area contributed by atoms with Crippen LogP contribution in [0.15, 0.2) is 24.3 Å².